The van der Waals surface area contributed by atoms with Crippen molar-refractivity contribution in [2.45, 2.75) is 6.92 Å². The molecule has 0 unspecified atom stereocenters. The molecule has 0 N–H and O–H groups in total. The van der Waals surface area contributed by atoms with Gasteiger partial charge in [-0.2, -0.15) is 0 Å². The largest absolute Gasteiger partial charge is 0.491 e. The molecule has 2 aromatic carbocycles. The van der Waals surface area contributed by atoms with E-state index >= 15 is 0 Å². The number of rotatable bonds is 6. The van der Waals surface area contributed by atoms with Gasteiger partial charge < -0.3 is 14.2 Å². The third-order valence-electron chi connectivity index (χ3n) is 3.76. The Morgan fingerprint density at radius 3 is 2.79 bits per heavy atom. The molecule has 1 heterocycles. The van der Waals surface area contributed by atoms with Crippen molar-refractivity contribution >= 4 is 35.2 Å². The van der Waals surface area contributed by atoms with Gasteiger partial charge in [0.2, 0.25) is 5.90 Å². The number of benzene rings is 2. The normalized spacial score (nSPS) is 14.6. The van der Waals surface area contributed by atoms with Crippen LogP contribution in [0.25, 0.3) is 6.08 Å². The van der Waals surface area contributed by atoms with Crippen molar-refractivity contribution in [2.75, 3.05) is 13.7 Å². The first-order chi connectivity index (χ1) is 13.4. The average molecular weight is 403 g/mol. The lowest BCUT2D eigenvalue weighted by Crippen LogP contribution is -2.05. The lowest BCUT2D eigenvalue weighted by molar-refractivity contribution is -0.384. The molecule has 3 rings (SSSR count). The van der Waals surface area contributed by atoms with E-state index in [1.54, 1.807) is 18.2 Å². The van der Waals surface area contributed by atoms with Gasteiger partial charge in [0.05, 0.1) is 23.7 Å². The number of ether oxygens (including phenoxy) is 3. The van der Waals surface area contributed by atoms with E-state index in [2.05, 4.69) is 4.99 Å². The molecule has 0 aromatic heterocycles. The number of esters is 1. The number of cyclic esters (lactones) is 1. The molecule has 0 bridgehead atoms. The number of nitrogens with zero attached hydrogens (tertiary/aromatic N) is 2. The minimum atomic E-state index is -0.675. The highest BCUT2D eigenvalue weighted by atomic mass is 35.5. The fraction of sp³-hybridized carbons (Fsp3) is 0.158. The number of hydrogen-bond acceptors (Lipinski definition) is 7. The Bertz CT molecular complexity index is 1020. The Morgan fingerprint density at radius 1 is 1.32 bits per heavy atom. The Balaban J connectivity index is 1.98. The lowest BCUT2D eigenvalue weighted by atomic mass is 10.1. The summed E-state index contributed by atoms with van der Waals surface area (Å²) in [4.78, 5) is 26.7. The number of aliphatic imine (C=N–C) groups is 1. The molecule has 0 saturated carbocycles. The predicted molar refractivity (Wildman–Crippen MR) is 103 cm³/mol. The van der Waals surface area contributed by atoms with Crippen LogP contribution in [0.2, 0.25) is 5.02 Å². The van der Waals surface area contributed by atoms with E-state index in [-0.39, 0.29) is 17.3 Å². The lowest BCUT2D eigenvalue weighted by Gasteiger charge is -2.11. The molecule has 1 aliphatic heterocycles. The van der Waals surface area contributed by atoms with Crippen LogP contribution in [0.4, 0.5) is 5.69 Å². The van der Waals surface area contributed by atoms with Crippen LogP contribution in [-0.4, -0.2) is 30.5 Å². The summed E-state index contributed by atoms with van der Waals surface area (Å²) in [5.74, 6) is 0.134. The summed E-state index contributed by atoms with van der Waals surface area (Å²) < 4.78 is 15.9. The van der Waals surface area contributed by atoms with Gasteiger partial charge >= 0.3 is 5.97 Å². The van der Waals surface area contributed by atoms with Crippen molar-refractivity contribution in [3.8, 4) is 11.5 Å². The number of nitro groups is 1. The fourth-order valence-electron chi connectivity index (χ4n) is 2.58. The molecule has 28 heavy (non-hydrogen) atoms. The molecule has 0 aliphatic carbocycles. The highest BCUT2D eigenvalue weighted by molar-refractivity contribution is 6.32. The van der Waals surface area contributed by atoms with Crippen molar-refractivity contribution < 1.29 is 23.9 Å². The van der Waals surface area contributed by atoms with Gasteiger partial charge in [-0.3, -0.25) is 10.1 Å². The third kappa shape index (κ3) is 3.96. The van der Waals surface area contributed by atoms with Crippen LogP contribution in [0.15, 0.2) is 47.1 Å². The van der Waals surface area contributed by atoms with Crippen molar-refractivity contribution in [3.63, 3.8) is 0 Å². The van der Waals surface area contributed by atoms with E-state index in [1.807, 2.05) is 6.92 Å². The van der Waals surface area contributed by atoms with Gasteiger partial charge in [0.15, 0.2) is 17.2 Å². The van der Waals surface area contributed by atoms with Crippen LogP contribution < -0.4 is 9.47 Å². The summed E-state index contributed by atoms with van der Waals surface area (Å²) in [6.45, 7) is 2.23. The Kier molecular flexibility index (Phi) is 5.60. The van der Waals surface area contributed by atoms with Crippen molar-refractivity contribution in [2.24, 2.45) is 4.99 Å². The zero-order valence-electron chi connectivity index (χ0n) is 15.0. The quantitative estimate of drug-likeness (QED) is 0.313. The average Bonchev–Trinajstić information content (AvgIpc) is 3.02. The van der Waals surface area contributed by atoms with Crippen LogP contribution >= 0.6 is 11.6 Å². The number of carbonyl (C=O) groups excluding carboxylic acids is 1. The SMILES string of the molecule is CCOc1cc(/C=C2\N=C(c3cccc([N+](=O)[O-])c3)OC2=O)cc(Cl)c1OC. The van der Waals surface area contributed by atoms with E-state index in [0.717, 1.165) is 0 Å². The number of nitro benzene ring substituents is 1. The van der Waals surface area contributed by atoms with E-state index < -0.39 is 10.9 Å². The van der Waals surface area contributed by atoms with E-state index in [0.29, 0.717) is 34.3 Å². The molecule has 9 heteroatoms. The topological polar surface area (TPSA) is 100 Å². The Labute approximate surface area is 165 Å². The first kappa shape index (κ1) is 19.4. The van der Waals surface area contributed by atoms with Gasteiger partial charge in [-0.05, 0) is 36.8 Å². The first-order valence-electron chi connectivity index (χ1n) is 8.20. The van der Waals surface area contributed by atoms with Crippen LogP contribution in [-0.2, 0) is 9.53 Å². The highest BCUT2D eigenvalue weighted by Crippen LogP contribution is 2.37. The molecule has 144 valence electrons. The Hall–Kier alpha value is -3.39. The predicted octanol–water partition coefficient (Wildman–Crippen LogP) is 4.00. The summed E-state index contributed by atoms with van der Waals surface area (Å²) in [6, 6.07) is 8.95. The second-order valence-electron chi connectivity index (χ2n) is 5.61. The van der Waals surface area contributed by atoms with E-state index in [1.165, 1.54) is 31.4 Å². The third-order valence-corrected chi connectivity index (χ3v) is 4.04. The molecule has 8 nitrogen and oxygen atoms in total. The van der Waals surface area contributed by atoms with Gasteiger partial charge in [0.1, 0.15) is 0 Å². The molecule has 0 fully saturated rings. The second kappa shape index (κ2) is 8.10. The minimum absolute atomic E-state index is 0.00964. The number of non-ortho nitro benzene ring substituents is 1. The first-order valence-corrected chi connectivity index (χ1v) is 8.58. The fourth-order valence-corrected chi connectivity index (χ4v) is 2.87. The summed E-state index contributed by atoms with van der Waals surface area (Å²) in [5, 5.41) is 11.2. The van der Waals surface area contributed by atoms with Gasteiger partial charge in [-0.15, -0.1) is 0 Å². The number of methoxy groups -OCH3 is 1. The Morgan fingerprint density at radius 2 is 2.11 bits per heavy atom. The number of halogens is 1. The highest BCUT2D eigenvalue weighted by Gasteiger charge is 2.25. The van der Waals surface area contributed by atoms with Crippen LogP contribution in [0.5, 0.6) is 11.5 Å². The summed E-state index contributed by atoms with van der Waals surface area (Å²) in [6.07, 6.45) is 1.49. The maximum absolute atomic E-state index is 12.2. The van der Waals surface area contributed by atoms with E-state index in [9.17, 15) is 14.9 Å². The molecular weight excluding hydrogens is 388 g/mol. The van der Waals surface area contributed by atoms with Crippen molar-refractivity contribution in [3.05, 3.63) is 68.4 Å². The van der Waals surface area contributed by atoms with Gasteiger partial charge in [0, 0.05) is 17.7 Å². The summed E-state index contributed by atoms with van der Waals surface area (Å²) in [7, 11) is 1.48. The maximum atomic E-state index is 12.2. The minimum Gasteiger partial charge on any atom is -0.491 e. The molecule has 0 atom stereocenters. The molecule has 1 aliphatic rings. The second-order valence-corrected chi connectivity index (χ2v) is 6.02. The molecule has 0 spiro atoms. The standard InChI is InChI=1S/C19H15ClN2O6/c1-3-27-16-9-11(7-14(20)17(16)26-2)8-15-19(23)28-18(21-15)12-5-4-6-13(10-12)22(24)25/h4-10H,3H2,1-2H3/b15-8-. The monoisotopic (exact) mass is 402 g/mol. The zero-order valence-corrected chi connectivity index (χ0v) is 15.7. The van der Waals surface area contributed by atoms with Crippen molar-refractivity contribution in [1.29, 1.82) is 0 Å². The molecule has 0 amide bonds. The van der Waals surface area contributed by atoms with Gasteiger partial charge in [0.25, 0.3) is 5.69 Å². The van der Waals surface area contributed by atoms with Crippen LogP contribution in [0, 0.1) is 10.1 Å². The number of carbonyl (C=O) groups is 1. The summed E-state index contributed by atoms with van der Waals surface area (Å²) in [5.41, 5.74) is 0.793. The molecule has 2 aromatic rings. The molecule has 0 radical (unpaired) electrons. The number of hydrogen-bond donors (Lipinski definition) is 0. The molecular formula is C19H15ClN2O6. The van der Waals surface area contributed by atoms with Crippen LogP contribution in [0.3, 0.4) is 0 Å². The molecule has 0 saturated heterocycles. The zero-order chi connectivity index (χ0) is 20.3. The maximum Gasteiger partial charge on any atom is 0.363 e. The smallest absolute Gasteiger partial charge is 0.363 e. The summed E-state index contributed by atoms with van der Waals surface area (Å²) >= 11 is 6.21. The van der Waals surface area contributed by atoms with Crippen LogP contribution in [0.1, 0.15) is 18.1 Å². The van der Waals surface area contributed by atoms with Crippen molar-refractivity contribution in [1.82, 2.24) is 0 Å². The van der Waals surface area contributed by atoms with Gasteiger partial charge in [-0.25, -0.2) is 9.79 Å². The van der Waals surface area contributed by atoms with E-state index in [4.69, 9.17) is 25.8 Å². The van der Waals surface area contributed by atoms with Gasteiger partial charge in [-0.1, -0.05) is 17.7 Å².